The van der Waals surface area contributed by atoms with Gasteiger partial charge in [0.25, 0.3) is 0 Å². The van der Waals surface area contributed by atoms with Gasteiger partial charge in [0.2, 0.25) is 5.91 Å². The minimum absolute atomic E-state index is 0. The molecule has 8 heteroatoms. The predicted molar refractivity (Wildman–Crippen MR) is 112 cm³/mol. The third-order valence-corrected chi connectivity index (χ3v) is 3.55. The van der Waals surface area contributed by atoms with Crippen LogP contribution in [0.3, 0.4) is 0 Å². The molecule has 0 heterocycles. The van der Waals surface area contributed by atoms with Crippen molar-refractivity contribution in [2.24, 2.45) is 4.99 Å². The first-order chi connectivity index (χ1) is 11.5. The zero-order valence-corrected chi connectivity index (χ0v) is 18.5. The van der Waals surface area contributed by atoms with Gasteiger partial charge in [0.05, 0.1) is 6.54 Å². The van der Waals surface area contributed by atoms with Crippen LogP contribution >= 0.6 is 24.0 Å². The van der Waals surface area contributed by atoms with Crippen LogP contribution in [-0.4, -0.2) is 49.5 Å². The summed E-state index contributed by atoms with van der Waals surface area (Å²) in [6, 6.07) is 3.89. The fourth-order valence-corrected chi connectivity index (χ4v) is 2.31. The second kappa shape index (κ2) is 10.6. The number of hydrogen-bond donors (Lipinski definition) is 2. The molecule has 0 radical (unpaired) electrons. The van der Waals surface area contributed by atoms with Gasteiger partial charge in [-0.25, -0.2) is 8.78 Å². The van der Waals surface area contributed by atoms with E-state index < -0.39 is 11.6 Å². The number of benzene rings is 1. The Kier molecular flexibility index (Phi) is 10.0. The number of aliphatic imine (C=N–C) groups is 1. The molecule has 1 unspecified atom stereocenters. The lowest BCUT2D eigenvalue weighted by atomic mass is 10.0. The van der Waals surface area contributed by atoms with Crippen LogP contribution in [0.2, 0.25) is 0 Å². The number of nitrogens with one attached hydrogen (secondary N) is 2. The highest BCUT2D eigenvalue weighted by molar-refractivity contribution is 14.0. The molecule has 5 nitrogen and oxygen atoms in total. The summed E-state index contributed by atoms with van der Waals surface area (Å²) in [7, 11) is 3.39. The molecule has 0 saturated heterocycles. The normalized spacial score (nSPS) is 12.8. The van der Waals surface area contributed by atoms with Crippen molar-refractivity contribution < 1.29 is 13.6 Å². The van der Waals surface area contributed by atoms with Gasteiger partial charge in [-0.3, -0.25) is 9.79 Å². The lowest BCUT2D eigenvalue weighted by Gasteiger charge is -2.26. The summed E-state index contributed by atoms with van der Waals surface area (Å²) in [4.78, 5) is 17.9. The molecule has 1 amide bonds. The van der Waals surface area contributed by atoms with Crippen LogP contribution in [-0.2, 0) is 4.79 Å². The number of likely N-dealkylation sites (N-methyl/N-ethyl adjacent to an activating group) is 1. The Hall–Kier alpha value is -1.45. The maximum atomic E-state index is 13.3. The Morgan fingerprint density at radius 2 is 1.88 bits per heavy atom. The van der Waals surface area contributed by atoms with Gasteiger partial charge in [0.15, 0.2) is 17.6 Å². The maximum absolute atomic E-state index is 13.3. The van der Waals surface area contributed by atoms with E-state index in [4.69, 9.17) is 0 Å². The summed E-state index contributed by atoms with van der Waals surface area (Å²) in [5.74, 6) is -1.32. The van der Waals surface area contributed by atoms with Crippen molar-refractivity contribution in [3.63, 3.8) is 0 Å². The van der Waals surface area contributed by atoms with Crippen LogP contribution in [0.5, 0.6) is 0 Å². The fourth-order valence-electron chi connectivity index (χ4n) is 2.31. The Morgan fingerprint density at radius 3 is 2.38 bits per heavy atom. The summed E-state index contributed by atoms with van der Waals surface area (Å²) in [5.41, 5.74) is 0.394. The predicted octanol–water partition coefficient (Wildman–Crippen LogP) is 3.11. The zero-order chi connectivity index (χ0) is 19.2. The van der Waals surface area contributed by atoms with E-state index in [1.165, 1.54) is 6.07 Å². The van der Waals surface area contributed by atoms with Gasteiger partial charge >= 0.3 is 0 Å². The van der Waals surface area contributed by atoms with Crippen LogP contribution in [0.15, 0.2) is 23.2 Å². The first-order valence-electron chi connectivity index (χ1n) is 8.21. The van der Waals surface area contributed by atoms with Gasteiger partial charge < -0.3 is 15.5 Å². The first-order valence-corrected chi connectivity index (χ1v) is 8.21. The van der Waals surface area contributed by atoms with Gasteiger partial charge in [-0.2, -0.15) is 0 Å². The average molecular weight is 482 g/mol. The van der Waals surface area contributed by atoms with E-state index in [0.29, 0.717) is 18.1 Å². The van der Waals surface area contributed by atoms with Crippen molar-refractivity contribution >= 4 is 35.8 Å². The maximum Gasteiger partial charge on any atom is 0.240 e. The number of guanidine groups is 1. The molecule has 1 rings (SSSR count). The molecule has 1 atom stereocenters. The van der Waals surface area contributed by atoms with Gasteiger partial charge in [-0.05, 0) is 44.4 Å². The standard InChI is InChI=1S/C18H28F2N4O.HI/c1-12(13-7-8-14(19)15(20)9-13)10-22-17(21-5)24(6)11-16(25)23-18(2,3)4;/h7-9,12H,10-11H2,1-6H3,(H,21,22)(H,23,25);1H. The van der Waals surface area contributed by atoms with E-state index in [1.54, 1.807) is 25.1 Å². The number of hydrogen-bond acceptors (Lipinski definition) is 2. The lowest BCUT2D eigenvalue weighted by Crippen LogP contribution is -2.49. The summed E-state index contributed by atoms with van der Waals surface area (Å²) in [6.07, 6.45) is 0. The van der Waals surface area contributed by atoms with Crippen LogP contribution in [0.25, 0.3) is 0 Å². The molecule has 0 spiro atoms. The fraction of sp³-hybridized carbons (Fsp3) is 0.556. The number of nitrogens with zero attached hydrogens (tertiary/aromatic N) is 2. The molecular weight excluding hydrogens is 453 g/mol. The monoisotopic (exact) mass is 482 g/mol. The summed E-state index contributed by atoms with van der Waals surface area (Å²) < 4.78 is 26.4. The molecule has 2 N–H and O–H groups in total. The van der Waals surface area contributed by atoms with E-state index in [9.17, 15) is 13.6 Å². The number of carbonyl (C=O) groups is 1. The molecule has 0 fully saturated rings. The second-order valence-electron chi connectivity index (χ2n) is 7.16. The molecular formula is C18H29F2IN4O. The highest BCUT2D eigenvalue weighted by Gasteiger charge is 2.17. The Morgan fingerprint density at radius 1 is 1.27 bits per heavy atom. The molecule has 0 bridgehead atoms. The second-order valence-corrected chi connectivity index (χ2v) is 7.16. The van der Waals surface area contributed by atoms with E-state index >= 15 is 0 Å². The van der Waals surface area contributed by atoms with Gasteiger partial charge in [0, 0.05) is 26.2 Å². The van der Waals surface area contributed by atoms with Crippen LogP contribution in [0, 0.1) is 11.6 Å². The van der Waals surface area contributed by atoms with Crippen molar-refractivity contribution in [2.75, 3.05) is 27.2 Å². The third-order valence-electron chi connectivity index (χ3n) is 3.55. The topological polar surface area (TPSA) is 56.7 Å². The lowest BCUT2D eigenvalue weighted by molar-refractivity contribution is -0.122. The molecule has 0 aromatic heterocycles. The molecule has 0 aliphatic rings. The first kappa shape index (κ1) is 24.6. The minimum atomic E-state index is -0.857. The summed E-state index contributed by atoms with van der Waals surface area (Å²) >= 11 is 0. The van der Waals surface area contributed by atoms with Crippen molar-refractivity contribution in [1.29, 1.82) is 0 Å². The highest BCUT2D eigenvalue weighted by atomic mass is 127. The van der Waals surface area contributed by atoms with Crippen molar-refractivity contribution in [3.05, 3.63) is 35.4 Å². The van der Waals surface area contributed by atoms with Gasteiger partial charge in [0.1, 0.15) is 0 Å². The molecule has 1 aromatic carbocycles. The zero-order valence-electron chi connectivity index (χ0n) is 16.2. The summed E-state index contributed by atoms with van der Waals surface area (Å²) in [6.45, 7) is 8.29. The molecule has 0 aliphatic heterocycles. The Balaban J connectivity index is 0.00000625. The third kappa shape index (κ3) is 8.29. The largest absolute Gasteiger partial charge is 0.356 e. The smallest absolute Gasteiger partial charge is 0.240 e. The molecule has 1 aromatic rings. The molecule has 148 valence electrons. The number of rotatable bonds is 5. The van der Waals surface area contributed by atoms with Crippen LogP contribution in [0.1, 0.15) is 39.2 Å². The van der Waals surface area contributed by atoms with Gasteiger partial charge in [-0.15, -0.1) is 24.0 Å². The van der Waals surface area contributed by atoms with Crippen molar-refractivity contribution in [3.8, 4) is 0 Å². The van der Waals surface area contributed by atoms with E-state index in [2.05, 4.69) is 15.6 Å². The molecule has 0 aliphatic carbocycles. The average Bonchev–Trinajstić information content (AvgIpc) is 2.48. The van der Waals surface area contributed by atoms with Gasteiger partial charge in [-0.1, -0.05) is 13.0 Å². The van der Waals surface area contributed by atoms with E-state index in [0.717, 1.165) is 6.07 Å². The quantitative estimate of drug-likeness (QED) is 0.386. The summed E-state index contributed by atoms with van der Waals surface area (Å²) in [5, 5.41) is 6.04. The number of amides is 1. The Labute approximate surface area is 171 Å². The highest BCUT2D eigenvalue weighted by Crippen LogP contribution is 2.17. The van der Waals surface area contributed by atoms with Crippen LogP contribution < -0.4 is 10.6 Å². The van der Waals surface area contributed by atoms with Crippen LogP contribution in [0.4, 0.5) is 8.78 Å². The van der Waals surface area contributed by atoms with E-state index in [-0.39, 0.29) is 47.9 Å². The van der Waals surface area contributed by atoms with Crippen molar-refractivity contribution in [1.82, 2.24) is 15.5 Å². The molecule has 26 heavy (non-hydrogen) atoms. The SMILES string of the molecule is CN=C(NCC(C)c1ccc(F)c(F)c1)N(C)CC(=O)NC(C)(C)C.I. The molecule has 0 saturated carbocycles. The van der Waals surface area contributed by atoms with E-state index in [1.807, 2.05) is 27.7 Å². The Bertz CT molecular complexity index is 632. The number of halogens is 3. The number of carbonyl (C=O) groups excluding carboxylic acids is 1. The van der Waals surface area contributed by atoms with Crippen molar-refractivity contribution in [2.45, 2.75) is 39.2 Å². The minimum Gasteiger partial charge on any atom is -0.356 e.